The van der Waals surface area contributed by atoms with Gasteiger partial charge in [0.15, 0.2) is 0 Å². The van der Waals surface area contributed by atoms with E-state index < -0.39 is 29.5 Å². The quantitative estimate of drug-likeness (QED) is 0.472. The number of thiazole rings is 1. The molecule has 1 saturated heterocycles. The van der Waals surface area contributed by atoms with E-state index in [1.54, 1.807) is 30.2 Å². The Labute approximate surface area is 197 Å². The molecule has 180 valence electrons. The number of nitrogens with zero attached hydrogens (tertiary/aromatic N) is 4. The van der Waals surface area contributed by atoms with Crippen molar-refractivity contribution in [2.75, 3.05) is 18.4 Å². The van der Waals surface area contributed by atoms with Crippen LogP contribution in [-0.4, -0.2) is 55.2 Å². The number of nitrogens with one attached hydrogen (secondary N) is 1. The molecule has 2 unspecified atom stereocenters. The molecule has 3 aromatic rings. The van der Waals surface area contributed by atoms with Crippen LogP contribution in [0.1, 0.15) is 29.6 Å². The number of aliphatic hydroxyl groups is 1. The number of anilines is 2. The molecule has 34 heavy (non-hydrogen) atoms. The Morgan fingerprint density at radius 1 is 1.29 bits per heavy atom. The van der Waals surface area contributed by atoms with Crippen LogP contribution in [0.2, 0.25) is 0 Å². The van der Waals surface area contributed by atoms with E-state index in [0.717, 1.165) is 28.3 Å². The standard InChI is InChI=1S/C22H22F3N5O3S/c1-12-7-14(9-15(8-12)28-20-26-5-3-17(29-20)22(23,24)25)16-10-27-19(34-16)21(33)4-6-30(11-21)13(2)18(31)32/h3,5,7-10,13,33H,4,6,11H2,1-2H3,(H,31,32)(H,26,28,29). The monoisotopic (exact) mass is 493 g/mol. The van der Waals surface area contributed by atoms with Crippen LogP contribution < -0.4 is 5.32 Å². The minimum Gasteiger partial charge on any atom is -0.480 e. The van der Waals surface area contributed by atoms with Gasteiger partial charge in [0.05, 0.1) is 4.88 Å². The number of benzene rings is 1. The summed E-state index contributed by atoms with van der Waals surface area (Å²) < 4.78 is 38.8. The largest absolute Gasteiger partial charge is 0.480 e. The maximum absolute atomic E-state index is 12.9. The molecule has 1 fully saturated rings. The van der Waals surface area contributed by atoms with Crippen molar-refractivity contribution in [2.24, 2.45) is 0 Å². The van der Waals surface area contributed by atoms with E-state index in [2.05, 4.69) is 20.3 Å². The second kappa shape index (κ2) is 8.93. The van der Waals surface area contributed by atoms with E-state index in [9.17, 15) is 28.2 Å². The van der Waals surface area contributed by atoms with Crippen LogP contribution in [0, 0.1) is 6.92 Å². The lowest BCUT2D eigenvalue weighted by Gasteiger charge is -2.23. The lowest BCUT2D eigenvalue weighted by atomic mass is 10.1. The van der Waals surface area contributed by atoms with Crippen LogP contribution >= 0.6 is 11.3 Å². The third-order valence-electron chi connectivity index (χ3n) is 5.65. The summed E-state index contributed by atoms with van der Waals surface area (Å²) in [5.74, 6) is -1.13. The average Bonchev–Trinajstić information content (AvgIpc) is 3.41. The van der Waals surface area contributed by atoms with Crippen LogP contribution in [0.25, 0.3) is 10.4 Å². The van der Waals surface area contributed by atoms with Crippen molar-refractivity contribution < 1.29 is 28.2 Å². The summed E-state index contributed by atoms with van der Waals surface area (Å²) in [5, 5.41) is 23.7. The van der Waals surface area contributed by atoms with Gasteiger partial charge in [-0.05, 0) is 49.6 Å². The Balaban J connectivity index is 1.56. The predicted molar refractivity (Wildman–Crippen MR) is 120 cm³/mol. The van der Waals surface area contributed by atoms with Gasteiger partial charge in [-0.25, -0.2) is 15.0 Å². The molecule has 1 aliphatic rings. The number of hydrogen-bond acceptors (Lipinski definition) is 8. The number of alkyl halides is 3. The van der Waals surface area contributed by atoms with Crippen molar-refractivity contribution in [3.8, 4) is 10.4 Å². The summed E-state index contributed by atoms with van der Waals surface area (Å²) in [6.45, 7) is 4.03. The number of carbonyl (C=O) groups is 1. The number of β-amino-alcohol motifs (C(OH)–C–C–N with tert-alkyl or cyclic N) is 1. The SMILES string of the molecule is Cc1cc(Nc2nccc(C(F)(F)F)n2)cc(-c2cnc(C3(O)CCN(C(C)C(=O)O)C3)s2)c1. The van der Waals surface area contributed by atoms with Gasteiger partial charge in [0.25, 0.3) is 0 Å². The van der Waals surface area contributed by atoms with Crippen LogP contribution in [0.3, 0.4) is 0 Å². The molecule has 1 aromatic carbocycles. The molecule has 0 aliphatic carbocycles. The maximum Gasteiger partial charge on any atom is 0.433 e. The average molecular weight is 494 g/mol. The lowest BCUT2D eigenvalue weighted by molar-refractivity contribution is -0.142. The molecule has 2 atom stereocenters. The summed E-state index contributed by atoms with van der Waals surface area (Å²) in [5.41, 5.74) is -0.173. The maximum atomic E-state index is 12.9. The number of carboxylic acid groups (broad SMARTS) is 1. The number of hydrogen-bond donors (Lipinski definition) is 3. The smallest absolute Gasteiger partial charge is 0.433 e. The van der Waals surface area contributed by atoms with Crippen molar-refractivity contribution >= 4 is 28.9 Å². The zero-order valence-corrected chi connectivity index (χ0v) is 19.1. The summed E-state index contributed by atoms with van der Waals surface area (Å²) >= 11 is 1.29. The lowest BCUT2D eigenvalue weighted by Crippen LogP contribution is -2.39. The van der Waals surface area contributed by atoms with Crippen molar-refractivity contribution in [2.45, 2.75) is 38.1 Å². The van der Waals surface area contributed by atoms with Crippen LogP contribution in [0.4, 0.5) is 24.8 Å². The van der Waals surface area contributed by atoms with Gasteiger partial charge in [-0.15, -0.1) is 11.3 Å². The van der Waals surface area contributed by atoms with Crippen molar-refractivity contribution in [1.29, 1.82) is 0 Å². The third-order valence-corrected chi connectivity index (χ3v) is 6.89. The zero-order chi connectivity index (χ0) is 24.7. The van der Waals surface area contributed by atoms with E-state index in [4.69, 9.17) is 0 Å². The number of likely N-dealkylation sites (tertiary alicyclic amines) is 1. The number of rotatable bonds is 6. The first-order valence-corrected chi connectivity index (χ1v) is 11.2. The minimum atomic E-state index is -4.57. The van der Waals surface area contributed by atoms with Crippen molar-refractivity contribution in [3.05, 3.63) is 52.9 Å². The predicted octanol–water partition coefficient (Wildman–Crippen LogP) is 4.04. The molecule has 4 rings (SSSR count). The Kier molecular flexibility index (Phi) is 6.32. The highest BCUT2D eigenvalue weighted by molar-refractivity contribution is 7.15. The fourth-order valence-electron chi connectivity index (χ4n) is 3.81. The number of aryl methyl sites for hydroxylation is 1. The fourth-order valence-corrected chi connectivity index (χ4v) is 4.82. The van der Waals surface area contributed by atoms with Crippen LogP contribution in [0.15, 0.2) is 36.7 Å². The van der Waals surface area contributed by atoms with Gasteiger partial charge >= 0.3 is 12.1 Å². The number of carboxylic acids is 1. The molecule has 0 spiro atoms. The van der Waals surface area contributed by atoms with Crippen LogP contribution in [-0.2, 0) is 16.6 Å². The topological polar surface area (TPSA) is 111 Å². The number of aromatic nitrogens is 3. The van der Waals surface area contributed by atoms with Gasteiger partial charge in [0, 0.05) is 31.2 Å². The Morgan fingerprint density at radius 3 is 2.76 bits per heavy atom. The Morgan fingerprint density at radius 2 is 2.06 bits per heavy atom. The summed E-state index contributed by atoms with van der Waals surface area (Å²) in [4.78, 5) is 25.5. The van der Waals surface area contributed by atoms with Gasteiger partial charge in [-0.1, -0.05) is 6.07 Å². The molecule has 12 heteroatoms. The third kappa shape index (κ3) is 5.03. The molecule has 1 aliphatic heterocycles. The van der Waals surface area contributed by atoms with Crippen molar-refractivity contribution in [1.82, 2.24) is 19.9 Å². The van der Waals surface area contributed by atoms with Gasteiger partial charge in [-0.2, -0.15) is 13.2 Å². The molecule has 0 radical (unpaired) electrons. The zero-order valence-electron chi connectivity index (χ0n) is 18.3. The van der Waals surface area contributed by atoms with Gasteiger partial charge in [-0.3, -0.25) is 9.69 Å². The van der Waals surface area contributed by atoms with E-state index in [1.165, 1.54) is 11.3 Å². The second-order valence-corrected chi connectivity index (χ2v) is 9.30. The van der Waals surface area contributed by atoms with E-state index in [1.807, 2.05) is 13.0 Å². The summed E-state index contributed by atoms with van der Waals surface area (Å²) in [7, 11) is 0. The van der Waals surface area contributed by atoms with E-state index in [0.29, 0.717) is 23.7 Å². The molecule has 0 saturated carbocycles. The molecule has 3 heterocycles. The van der Waals surface area contributed by atoms with Gasteiger partial charge < -0.3 is 15.5 Å². The molecular weight excluding hydrogens is 471 g/mol. The Bertz CT molecular complexity index is 1220. The first-order valence-electron chi connectivity index (χ1n) is 10.4. The number of halogens is 3. The number of aliphatic carboxylic acids is 1. The minimum absolute atomic E-state index is 0.168. The second-order valence-electron chi connectivity index (χ2n) is 8.27. The molecule has 0 bridgehead atoms. The fraction of sp³-hybridized carbons (Fsp3) is 0.364. The van der Waals surface area contributed by atoms with Gasteiger partial charge in [0.1, 0.15) is 22.3 Å². The molecule has 3 N–H and O–H groups in total. The molecular formula is C22H22F3N5O3S. The van der Waals surface area contributed by atoms with Crippen LogP contribution in [0.5, 0.6) is 0 Å². The van der Waals surface area contributed by atoms with E-state index >= 15 is 0 Å². The normalized spacial score (nSPS) is 19.8. The van der Waals surface area contributed by atoms with Crippen molar-refractivity contribution in [3.63, 3.8) is 0 Å². The van der Waals surface area contributed by atoms with Gasteiger partial charge in [0.2, 0.25) is 5.95 Å². The van der Waals surface area contributed by atoms with E-state index in [-0.39, 0.29) is 12.5 Å². The molecule has 2 aromatic heterocycles. The summed E-state index contributed by atoms with van der Waals surface area (Å²) in [6.07, 6.45) is -1.54. The Hall–Kier alpha value is -3.09. The molecule has 0 amide bonds. The first-order chi connectivity index (χ1) is 15.9. The first kappa shape index (κ1) is 24.0. The highest BCUT2D eigenvalue weighted by Crippen LogP contribution is 2.39. The summed E-state index contributed by atoms with van der Waals surface area (Å²) in [6, 6.07) is 5.48. The highest BCUT2D eigenvalue weighted by atomic mass is 32.1. The molecule has 8 nitrogen and oxygen atoms in total. The highest BCUT2D eigenvalue weighted by Gasteiger charge is 2.43.